The van der Waals surface area contributed by atoms with Gasteiger partial charge >= 0.3 is 0 Å². The fourth-order valence-corrected chi connectivity index (χ4v) is 1.80. The Hall–Kier alpha value is -1.55. The monoisotopic (exact) mass is 251 g/mol. The third kappa shape index (κ3) is 3.01. The van der Waals surface area contributed by atoms with Crippen LogP contribution in [0.25, 0.3) is 0 Å². The van der Waals surface area contributed by atoms with Crippen LogP contribution in [0.5, 0.6) is 5.75 Å². The molecule has 2 atom stereocenters. The van der Waals surface area contributed by atoms with Crippen molar-refractivity contribution in [1.29, 1.82) is 0 Å². The number of hydrogen-bond donors (Lipinski definition) is 0. The van der Waals surface area contributed by atoms with E-state index in [9.17, 15) is 4.79 Å². The predicted molar refractivity (Wildman–Crippen MR) is 70.7 cm³/mol. The van der Waals surface area contributed by atoms with Gasteiger partial charge in [-0.2, -0.15) is 0 Å². The van der Waals surface area contributed by atoms with Crippen molar-refractivity contribution in [3.63, 3.8) is 0 Å². The lowest BCUT2D eigenvalue weighted by molar-refractivity contribution is -0.141. The Balaban J connectivity index is 2.92. The minimum Gasteiger partial charge on any atom is -0.496 e. The normalized spacial score (nSPS) is 13.8. The minimum absolute atomic E-state index is 0.0455. The van der Waals surface area contributed by atoms with Crippen LogP contribution in [0.3, 0.4) is 0 Å². The molecule has 1 aromatic carbocycles. The molecule has 0 saturated carbocycles. The van der Waals surface area contributed by atoms with Gasteiger partial charge in [0, 0.05) is 19.7 Å². The molecule has 0 bridgehead atoms. The lowest BCUT2D eigenvalue weighted by Gasteiger charge is -2.28. The molecule has 1 amide bonds. The zero-order valence-corrected chi connectivity index (χ0v) is 11.6. The molecular formula is C14H21NO3. The summed E-state index contributed by atoms with van der Waals surface area (Å²) in [7, 11) is 4.93. The van der Waals surface area contributed by atoms with Crippen molar-refractivity contribution in [2.45, 2.75) is 26.0 Å². The molecule has 2 unspecified atom stereocenters. The van der Waals surface area contributed by atoms with Gasteiger partial charge in [0.25, 0.3) is 5.91 Å². The van der Waals surface area contributed by atoms with E-state index in [1.54, 1.807) is 26.0 Å². The van der Waals surface area contributed by atoms with Crippen LogP contribution in [0.15, 0.2) is 24.3 Å². The van der Waals surface area contributed by atoms with Crippen LogP contribution in [0.4, 0.5) is 0 Å². The zero-order valence-electron chi connectivity index (χ0n) is 11.6. The van der Waals surface area contributed by atoms with Gasteiger partial charge in [0.2, 0.25) is 0 Å². The van der Waals surface area contributed by atoms with Crippen molar-refractivity contribution in [1.82, 2.24) is 4.90 Å². The van der Waals surface area contributed by atoms with Gasteiger partial charge in [-0.3, -0.25) is 4.79 Å². The Morgan fingerprint density at radius 2 is 1.83 bits per heavy atom. The zero-order chi connectivity index (χ0) is 13.7. The molecule has 0 aliphatic carbocycles. The van der Waals surface area contributed by atoms with E-state index < -0.39 is 6.10 Å². The highest BCUT2D eigenvalue weighted by Gasteiger charge is 2.23. The summed E-state index contributed by atoms with van der Waals surface area (Å²) in [6.07, 6.45) is -0.438. The molecule has 0 saturated heterocycles. The molecular weight excluding hydrogens is 230 g/mol. The lowest BCUT2D eigenvalue weighted by Crippen LogP contribution is -2.37. The number of carbonyl (C=O) groups excluding carboxylic acids is 1. The summed E-state index contributed by atoms with van der Waals surface area (Å²) < 4.78 is 10.4. The Morgan fingerprint density at radius 1 is 1.22 bits per heavy atom. The van der Waals surface area contributed by atoms with Gasteiger partial charge in [0.15, 0.2) is 0 Å². The van der Waals surface area contributed by atoms with Crippen LogP contribution in [0, 0.1) is 0 Å². The molecule has 0 heterocycles. The molecule has 0 spiro atoms. The number of para-hydroxylation sites is 1. The second kappa shape index (κ2) is 6.40. The molecule has 0 aliphatic rings. The minimum atomic E-state index is -0.438. The standard InChI is InChI=1S/C14H21NO3/c1-10(15(3)14(16)11(2)17-4)12-8-6-7-9-13(12)18-5/h6-11H,1-5H3. The molecule has 0 aromatic heterocycles. The van der Waals surface area contributed by atoms with Crippen LogP contribution in [0.2, 0.25) is 0 Å². The number of nitrogens with zero attached hydrogens (tertiary/aromatic N) is 1. The van der Waals surface area contributed by atoms with E-state index >= 15 is 0 Å². The first kappa shape index (κ1) is 14.5. The van der Waals surface area contributed by atoms with Gasteiger partial charge in [-0.1, -0.05) is 18.2 Å². The third-order valence-electron chi connectivity index (χ3n) is 3.22. The van der Waals surface area contributed by atoms with Gasteiger partial charge in [-0.05, 0) is 19.9 Å². The number of methoxy groups -OCH3 is 2. The molecule has 0 fully saturated rings. The van der Waals surface area contributed by atoms with Gasteiger partial charge in [-0.25, -0.2) is 0 Å². The summed E-state index contributed by atoms with van der Waals surface area (Å²) >= 11 is 0. The van der Waals surface area contributed by atoms with E-state index in [0.717, 1.165) is 11.3 Å². The summed E-state index contributed by atoms with van der Waals surface area (Å²) in [5, 5.41) is 0. The Bertz CT molecular complexity index is 406. The third-order valence-corrected chi connectivity index (χ3v) is 3.22. The van der Waals surface area contributed by atoms with Crippen molar-refractivity contribution in [2.24, 2.45) is 0 Å². The van der Waals surface area contributed by atoms with E-state index in [1.165, 1.54) is 7.11 Å². The van der Waals surface area contributed by atoms with E-state index in [1.807, 2.05) is 31.2 Å². The number of ether oxygens (including phenoxy) is 2. The van der Waals surface area contributed by atoms with Gasteiger partial charge < -0.3 is 14.4 Å². The highest BCUT2D eigenvalue weighted by atomic mass is 16.5. The molecule has 4 heteroatoms. The fourth-order valence-electron chi connectivity index (χ4n) is 1.80. The molecule has 4 nitrogen and oxygen atoms in total. The average molecular weight is 251 g/mol. The molecule has 18 heavy (non-hydrogen) atoms. The first-order valence-corrected chi connectivity index (χ1v) is 5.95. The first-order valence-electron chi connectivity index (χ1n) is 5.95. The quantitative estimate of drug-likeness (QED) is 0.805. The molecule has 1 rings (SSSR count). The number of carbonyl (C=O) groups is 1. The lowest BCUT2D eigenvalue weighted by atomic mass is 10.1. The Labute approximate surface area is 108 Å². The highest BCUT2D eigenvalue weighted by Crippen LogP contribution is 2.28. The fraction of sp³-hybridized carbons (Fsp3) is 0.500. The smallest absolute Gasteiger partial charge is 0.251 e. The maximum absolute atomic E-state index is 12.0. The number of likely N-dealkylation sites (N-methyl/N-ethyl adjacent to an activating group) is 1. The van der Waals surface area contributed by atoms with E-state index in [2.05, 4.69) is 0 Å². The largest absolute Gasteiger partial charge is 0.496 e. The van der Waals surface area contributed by atoms with Crippen LogP contribution in [-0.2, 0) is 9.53 Å². The Morgan fingerprint density at radius 3 is 2.39 bits per heavy atom. The maximum atomic E-state index is 12.0. The van der Waals surface area contributed by atoms with E-state index in [0.29, 0.717) is 0 Å². The predicted octanol–water partition coefficient (Wildman–Crippen LogP) is 2.25. The van der Waals surface area contributed by atoms with Crippen molar-refractivity contribution >= 4 is 5.91 Å². The van der Waals surface area contributed by atoms with Crippen LogP contribution in [-0.4, -0.2) is 38.2 Å². The van der Waals surface area contributed by atoms with Crippen molar-refractivity contribution in [3.8, 4) is 5.75 Å². The summed E-state index contributed by atoms with van der Waals surface area (Å²) in [6.45, 7) is 3.71. The topological polar surface area (TPSA) is 38.8 Å². The maximum Gasteiger partial charge on any atom is 0.251 e. The van der Waals surface area contributed by atoms with Gasteiger partial charge in [0.05, 0.1) is 13.2 Å². The summed E-state index contributed by atoms with van der Waals surface area (Å²) in [6, 6.07) is 7.64. The van der Waals surface area contributed by atoms with Crippen molar-refractivity contribution in [2.75, 3.05) is 21.3 Å². The van der Waals surface area contributed by atoms with Crippen molar-refractivity contribution in [3.05, 3.63) is 29.8 Å². The highest BCUT2D eigenvalue weighted by molar-refractivity contribution is 5.80. The molecule has 0 N–H and O–H groups in total. The van der Waals surface area contributed by atoms with Crippen LogP contribution < -0.4 is 4.74 Å². The van der Waals surface area contributed by atoms with Gasteiger partial charge in [0.1, 0.15) is 11.9 Å². The van der Waals surface area contributed by atoms with Gasteiger partial charge in [-0.15, -0.1) is 0 Å². The van der Waals surface area contributed by atoms with E-state index in [4.69, 9.17) is 9.47 Å². The second-order valence-corrected chi connectivity index (χ2v) is 4.24. The molecule has 0 aliphatic heterocycles. The number of benzene rings is 1. The second-order valence-electron chi connectivity index (χ2n) is 4.24. The summed E-state index contributed by atoms with van der Waals surface area (Å²) in [5.41, 5.74) is 0.985. The SMILES string of the molecule is COc1ccccc1C(C)N(C)C(=O)C(C)OC. The summed E-state index contributed by atoms with van der Waals surface area (Å²) in [4.78, 5) is 13.7. The number of rotatable bonds is 5. The first-order chi connectivity index (χ1) is 8.52. The van der Waals surface area contributed by atoms with E-state index in [-0.39, 0.29) is 11.9 Å². The molecule has 0 radical (unpaired) electrons. The van der Waals surface area contributed by atoms with Crippen LogP contribution in [0.1, 0.15) is 25.5 Å². The molecule has 1 aromatic rings. The number of hydrogen-bond acceptors (Lipinski definition) is 3. The van der Waals surface area contributed by atoms with Crippen LogP contribution >= 0.6 is 0 Å². The van der Waals surface area contributed by atoms with Crippen molar-refractivity contribution < 1.29 is 14.3 Å². The molecule has 100 valence electrons. The number of amides is 1. The Kier molecular flexibility index (Phi) is 5.16. The summed E-state index contributed by atoms with van der Waals surface area (Å²) in [5.74, 6) is 0.741. The average Bonchev–Trinajstić information content (AvgIpc) is 2.43.